The minimum absolute atomic E-state index is 0. The summed E-state index contributed by atoms with van der Waals surface area (Å²) in [6.45, 7) is 0. The average molecular weight is 1050 g/mol. The van der Waals surface area contributed by atoms with Gasteiger partial charge in [0.2, 0.25) is 0 Å². The molecule has 3 heterocycles. The summed E-state index contributed by atoms with van der Waals surface area (Å²) in [4.78, 5) is 5.03. The van der Waals surface area contributed by atoms with Crippen LogP contribution >= 0.6 is 0 Å². The van der Waals surface area contributed by atoms with Crippen molar-refractivity contribution >= 4 is 32.8 Å². The van der Waals surface area contributed by atoms with E-state index in [1.807, 2.05) is 48.7 Å². The van der Waals surface area contributed by atoms with Crippen molar-refractivity contribution in [2.75, 3.05) is 0 Å². The molecule has 0 unspecified atom stereocenters. The summed E-state index contributed by atoms with van der Waals surface area (Å²) in [5.74, 6) is 2.56. The normalized spacial score (nSPS) is 19.6. The summed E-state index contributed by atoms with van der Waals surface area (Å²) in [6, 6.07) is 36.4. The quantitative estimate of drug-likeness (QED) is 0.112. The molecule has 0 amide bonds. The van der Waals surface area contributed by atoms with Crippen LogP contribution in [0.2, 0.25) is 0 Å². The number of hydrogen-bond donors (Lipinski definition) is 0. The molecule has 0 N–H and O–H groups in total. The third-order valence-corrected chi connectivity index (χ3v) is 13.8. The van der Waals surface area contributed by atoms with Crippen molar-refractivity contribution in [1.29, 1.82) is 0 Å². The monoisotopic (exact) mass is 1050 g/mol. The average Bonchev–Trinajstić information content (AvgIpc) is 4.03. The molecule has 0 aliphatic heterocycles. The van der Waals surface area contributed by atoms with Crippen molar-refractivity contribution in [3.63, 3.8) is 0 Å². The predicted octanol–water partition coefficient (Wildman–Crippen LogP) is 14.7. The first-order valence-electron chi connectivity index (χ1n) is 27.7. The first kappa shape index (κ1) is 32.2. The van der Waals surface area contributed by atoms with Gasteiger partial charge < -0.3 is 13.9 Å². The fourth-order valence-corrected chi connectivity index (χ4v) is 10.7. The molecule has 0 radical (unpaired) electrons. The van der Waals surface area contributed by atoms with Gasteiger partial charge in [0.25, 0.3) is 6.33 Å². The Bertz CT molecular complexity index is 3790. The van der Waals surface area contributed by atoms with E-state index in [1.165, 1.54) is 69.8 Å². The molecule has 66 heavy (non-hydrogen) atoms. The van der Waals surface area contributed by atoms with Gasteiger partial charge in [-0.3, -0.25) is 4.57 Å². The molecular formula is C60H50N4OPt-2. The summed E-state index contributed by atoms with van der Waals surface area (Å²) in [7, 11) is 0. The summed E-state index contributed by atoms with van der Waals surface area (Å²) < 4.78 is 99.5. The van der Waals surface area contributed by atoms with Crippen molar-refractivity contribution in [2.24, 2.45) is 5.92 Å². The van der Waals surface area contributed by atoms with Crippen LogP contribution in [0.1, 0.15) is 83.5 Å². The number of ether oxygens (including phenoxy) is 1. The summed E-state index contributed by atoms with van der Waals surface area (Å²) in [5, 5.41) is 2.10. The Hall–Kier alpha value is -6.55. The van der Waals surface area contributed by atoms with E-state index in [-0.39, 0.29) is 54.4 Å². The van der Waals surface area contributed by atoms with Gasteiger partial charge in [-0.25, -0.2) is 4.98 Å². The van der Waals surface area contributed by atoms with Gasteiger partial charge in [-0.1, -0.05) is 172 Å². The third kappa shape index (κ3) is 7.67. The molecule has 3 fully saturated rings. The number of benzene rings is 7. The molecule has 3 aliphatic carbocycles. The number of fused-ring (bicyclic) bond motifs is 11. The minimum atomic E-state index is -0.565. The van der Waals surface area contributed by atoms with Gasteiger partial charge in [0.1, 0.15) is 5.82 Å². The van der Waals surface area contributed by atoms with Crippen LogP contribution in [0.25, 0.3) is 72.3 Å². The van der Waals surface area contributed by atoms with E-state index in [0.29, 0.717) is 28.2 Å². The van der Waals surface area contributed by atoms with Gasteiger partial charge >= 0.3 is 0 Å². The maximum Gasteiger partial charge on any atom is 0.268 e. The smallest absolute Gasteiger partial charge is 0.268 e. The van der Waals surface area contributed by atoms with E-state index >= 15 is 0 Å². The van der Waals surface area contributed by atoms with Gasteiger partial charge in [-0.15, -0.1) is 29.7 Å². The Morgan fingerprint density at radius 2 is 1.30 bits per heavy atom. The van der Waals surface area contributed by atoms with E-state index < -0.39 is 60.4 Å². The maximum absolute atomic E-state index is 9.04. The Morgan fingerprint density at radius 3 is 2.08 bits per heavy atom. The van der Waals surface area contributed by atoms with Crippen LogP contribution in [-0.4, -0.2) is 14.1 Å². The van der Waals surface area contributed by atoms with Gasteiger partial charge in [-0.2, -0.15) is 18.2 Å². The largest absolute Gasteiger partial charge is 0.510 e. The fraction of sp³-hybridized carbons (Fsp3) is 0.200. The maximum atomic E-state index is 9.04. The third-order valence-electron chi connectivity index (χ3n) is 13.8. The van der Waals surface area contributed by atoms with Crippen LogP contribution in [0.15, 0.2) is 176 Å². The van der Waals surface area contributed by atoms with Gasteiger partial charge in [0.15, 0.2) is 0 Å². The molecule has 0 saturated heterocycles. The van der Waals surface area contributed by atoms with Crippen molar-refractivity contribution in [2.45, 2.75) is 69.6 Å². The Morgan fingerprint density at radius 1 is 0.636 bits per heavy atom. The number of rotatable bonds is 8. The number of hydrogen-bond acceptors (Lipinski definition) is 2. The standard InChI is InChI=1S/C60H50N4O.Pt/c1-3-20-44(21-4-1)50-27-14-28-51(45-22-5-2-6-23-45)59(50)63-42-62(55-30-9-10-31-56(55)63)47-24-13-25-48(40-47)65-49-32-33-53-52-26-7-8-29-54(52)64(57(53)41-49)58-39-46(34-38-61-58)60-35-12-11-17-43(18-15-36-60)19-16-37-60;/h1-10,13-14,20-34,38-39,43H,11-12,15-19,35-37H2;/q-2;/i1D,2D,3D,4D,5D,6D,20D,21D,22D,23D;. The second-order valence-electron chi connectivity index (χ2n) is 17.5. The van der Waals surface area contributed by atoms with Gasteiger partial charge in [0.05, 0.1) is 30.4 Å². The topological polar surface area (TPSA) is 35.9 Å². The van der Waals surface area contributed by atoms with E-state index in [0.717, 1.165) is 33.5 Å². The van der Waals surface area contributed by atoms with Crippen LogP contribution in [-0.2, 0) is 26.5 Å². The molecule has 13 rings (SSSR count). The number of aromatic nitrogens is 4. The summed E-state index contributed by atoms with van der Waals surface area (Å²) in [6.07, 6.45) is 18.1. The van der Waals surface area contributed by atoms with Crippen LogP contribution in [0.3, 0.4) is 0 Å². The Labute approximate surface area is 415 Å². The zero-order chi connectivity index (χ0) is 51.9. The molecule has 3 aliphatic rings. The molecule has 0 atom stereocenters. The first-order valence-corrected chi connectivity index (χ1v) is 22.7. The van der Waals surface area contributed by atoms with E-state index in [9.17, 15) is 0 Å². The molecule has 5 nitrogen and oxygen atoms in total. The summed E-state index contributed by atoms with van der Waals surface area (Å²) >= 11 is 0. The molecule has 2 bridgehead atoms. The zero-order valence-electron chi connectivity index (χ0n) is 46.1. The molecular weight excluding hydrogens is 988 g/mol. The molecule has 328 valence electrons. The molecule has 3 saturated carbocycles. The minimum Gasteiger partial charge on any atom is -0.510 e. The number of nitrogens with zero attached hydrogens (tertiary/aromatic N) is 4. The van der Waals surface area contributed by atoms with Gasteiger partial charge in [0, 0.05) is 44.3 Å². The van der Waals surface area contributed by atoms with E-state index in [4.69, 9.17) is 23.4 Å². The van der Waals surface area contributed by atoms with Crippen LogP contribution in [0, 0.1) is 24.4 Å². The van der Waals surface area contributed by atoms with Crippen molar-refractivity contribution in [1.82, 2.24) is 14.1 Å². The predicted molar refractivity (Wildman–Crippen MR) is 262 cm³/mol. The second kappa shape index (κ2) is 18.0. The SMILES string of the molecule is [2H]c1c([2H])c([2H])c(-c2cccc(-c3c([2H])c([2H])c([2H])c([2H])c3[2H])c2-[n+]2[c-]n(-c3[c-]c(Oc4[c-]c5c(cc4)c4ccccc4n5-c4cc(C56CCCCC(CCC5)CCC6)ccn4)ccc3)c3ccccc32)c([2H])c1[2H].[Pt]. The summed E-state index contributed by atoms with van der Waals surface area (Å²) in [5.41, 5.74) is 5.27. The first-order chi connectivity index (χ1) is 36.3. The molecule has 6 heteroatoms. The number of pyridine rings is 1. The molecule has 10 aromatic rings. The van der Waals surface area contributed by atoms with Gasteiger partial charge in [-0.05, 0) is 87.7 Å². The molecule has 0 spiro atoms. The fourth-order valence-electron chi connectivity index (χ4n) is 10.7. The van der Waals surface area contributed by atoms with Crippen LogP contribution < -0.4 is 9.30 Å². The van der Waals surface area contributed by atoms with Crippen molar-refractivity contribution in [3.05, 3.63) is 200 Å². The van der Waals surface area contributed by atoms with Crippen molar-refractivity contribution < 1.29 is 44.1 Å². The zero-order valence-corrected chi connectivity index (χ0v) is 38.4. The second-order valence-corrected chi connectivity index (χ2v) is 17.5. The Kier molecular flexibility index (Phi) is 8.79. The van der Waals surface area contributed by atoms with E-state index in [2.05, 4.69) is 65.5 Å². The van der Waals surface area contributed by atoms with E-state index in [1.54, 1.807) is 33.4 Å². The molecule has 7 aromatic carbocycles. The van der Waals surface area contributed by atoms with Crippen molar-refractivity contribution in [3.8, 4) is 50.9 Å². The molecule has 3 aromatic heterocycles. The van der Waals surface area contributed by atoms with Crippen LogP contribution in [0.4, 0.5) is 0 Å². The number of para-hydroxylation sites is 4. The Balaban J connectivity index is 0.00000616. The van der Waals surface area contributed by atoms with Crippen LogP contribution in [0.5, 0.6) is 11.5 Å². The number of imidazole rings is 1.